The predicted octanol–water partition coefficient (Wildman–Crippen LogP) is 6.57. The largest absolute Gasteiger partial charge is 0.349 e. The van der Waals surface area contributed by atoms with Crippen LogP contribution in [-0.4, -0.2) is 14.5 Å². The summed E-state index contributed by atoms with van der Waals surface area (Å²) in [6.07, 6.45) is 0. The summed E-state index contributed by atoms with van der Waals surface area (Å²) in [5, 5.41) is 1.71. The van der Waals surface area contributed by atoms with Crippen molar-refractivity contribution in [1.82, 2.24) is 14.5 Å². The summed E-state index contributed by atoms with van der Waals surface area (Å²) in [6, 6.07) is 18.1. The monoisotopic (exact) mass is 463 g/mol. The van der Waals surface area contributed by atoms with Crippen LogP contribution in [0.4, 0.5) is 4.39 Å². The number of thioether (sulfide) groups is 1. The van der Waals surface area contributed by atoms with Gasteiger partial charge >= 0.3 is 0 Å². The van der Waals surface area contributed by atoms with Gasteiger partial charge in [0.2, 0.25) is 0 Å². The summed E-state index contributed by atoms with van der Waals surface area (Å²) in [6.45, 7) is 3.99. The number of aromatic nitrogens is 3. The van der Waals surface area contributed by atoms with E-state index >= 15 is 0 Å². The van der Waals surface area contributed by atoms with Crippen LogP contribution in [0.1, 0.15) is 16.7 Å². The maximum atomic E-state index is 14.4. The number of aromatic amines is 1. The van der Waals surface area contributed by atoms with Crippen molar-refractivity contribution < 1.29 is 4.39 Å². The third kappa shape index (κ3) is 3.40. The predicted molar refractivity (Wildman–Crippen MR) is 130 cm³/mol. The first-order valence-corrected chi connectivity index (χ1v) is 11.5. The molecule has 7 heteroatoms. The molecule has 3 aromatic carbocycles. The second-order valence-electron chi connectivity index (χ2n) is 7.64. The highest BCUT2D eigenvalue weighted by Gasteiger charge is 2.19. The van der Waals surface area contributed by atoms with E-state index in [-0.39, 0.29) is 17.1 Å². The van der Waals surface area contributed by atoms with Gasteiger partial charge in [-0.25, -0.2) is 9.37 Å². The standard InChI is InChI=1S/C25H19ClFN3OS/c1-14-7-5-12-21(15(14)2)30-24(31)23-22(16-8-3-4-11-20(16)28-23)29-25(30)32-13-17-18(26)9-6-10-19(17)27/h3-12,28H,13H2,1-2H3. The summed E-state index contributed by atoms with van der Waals surface area (Å²) < 4.78 is 16.0. The SMILES string of the molecule is Cc1cccc(-n2c(SCc3c(F)cccc3Cl)nc3c([nH]c4ccccc43)c2=O)c1C. The molecule has 160 valence electrons. The van der Waals surface area contributed by atoms with E-state index in [0.717, 1.165) is 27.7 Å². The maximum absolute atomic E-state index is 14.4. The summed E-state index contributed by atoms with van der Waals surface area (Å²) in [5.74, 6) is -0.129. The first-order chi connectivity index (χ1) is 15.5. The van der Waals surface area contributed by atoms with Crippen molar-refractivity contribution in [2.24, 2.45) is 0 Å². The molecule has 4 nitrogen and oxygen atoms in total. The van der Waals surface area contributed by atoms with Crippen molar-refractivity contribution in [2.45, 2.75) is 24.8 Å². The molecule has 5 rings (SSSR count). The molecule has 0 bridgehead atoms. The lowest BCUT2D eigenvalue weighted by Gasteiger charge is -2.16. The van der Waals surface area contributed by atoms with E-state index in [9.17, 15) is 9.18 Å². The van der Waals surface area contributed by atoms with E-state index in [1.807, 2.05) is 56.3 Å². The molecule has 0 atom stereocenters. The third-order valence-electron chi connectivity index (χ3n) is 5.72. The van der Waals surface area contributed by atoms with Crippen LogP contribution in [0, 0.1) is 19.7 Å². The molecule has 2 aromatic heterocycles. The fourth-order valence-corrected chi connectivity index (χ4v) is 5.18. The topological polar surface area (TPSA) is 50.7 Å². The molecule has 0 saturated carbocycles. The number of fused-ring (bicyclic) bond motifs is 3. The summed E-state index contributed by atoms with van der Waals surface area (Å²) in [7, 11) is 0. The van der Waals surface area contributed by atoms with Crippen molar-refractivity contribution in [1.29, 1.82) is 0 Å². The van der Waals surface area contributed by atoms with Crippen LogP contribution >= 0.6 is 23.4 Å². The molecule has 0 spiro atoms. The van der Waals surface area contributed by atoms with Crippen molar-refractivity contribution in [2.75, 3.05) is 0 Å². The van der Waals surface area contributed by atoms with E-state index in [4.69, 9.17) is 16.6 Å². The number of H-pyrrole nitrogens is 1. The van der Waals surface area contributed by atoms with Gasteiger partial charge in [-0.1, -0.05) is 59.8 Å². The smallest absolute Gasteiger partial charge is 0.283 e. The normalized spacial score (nSPS) is 11.5. The van der Waals surface area contributed by atoms with E-state index < -0.39 is 0 Å². The molecule has 0 amide bonds. The number of nitrogens with zero attached hydrogens (tertiary/aromatic N) is 2. The zero-order valence-corrected chi connectivity index (χ0v) is 19.0. The highest BCUT2D eigenvalue weighted by molar-refractivity contribution is 7.98. The Morgan fingerprint density at radius 2 is 1.84 bits per heavy atom. The second-order valence-corrected chi connectivity index (χ2v) is 8.99. The molecule has 0 radical (unpaired) electrons. The molecule has 0 aliphatic heterocycles. The number of benzene rings is 3. The Morgan fingerprint density at radius 3 is 2.66 bits per heavy atom. The number of halogens is 2. The Hall–Kier alpha value is -3.09. The van der Waals surface area contributed by atoms with Gasteiger partial charge in [0.15, 0.2) is 5.16 Å². The molecular weight excluding hydrogens is 445 g/mol. The fraction of sp³-hybridized carbons (Fsp3) is 0.120. The van der Waals surface area contributed by atoms with Gasteiger partial charge in [-0.05, 0) is 49.2 Å². The Labute approximate surface area is 193 Å². The molecule has 0 aliphatic rings. The van der Waals surface area contributed by atoms with Crippen LogP contribution in [0.25, 0.3) is 27.6 Å². The van der Waals surface area contributed by atoms with Crippen molar-refractivity contribution >= 4 is 45.3 Å². The Morgan fingerprint density at radius 1 is 1.06 bits per heavy atom. The molecule has 2 heterocycles. The number of aryl methyl sites for hydroxylation is 1. The zero-order chi connectivity index (χ0) is 22.4. The first kappa shape index (κ1) is 20.8. The number of hydrogen-bond donors (Lipinski definition) is 1. The van der Waals surface area contributed by atoms with Gasteiger partial charge < -0.3 is 4.98 Å². The lowest BCUT2D eigenvalue weighted by Crippen LogP contribution is -2.22. The van der Waals surface area contributed by atoms with Gasteiger partial charge in [0.25, 0.3) is 5.56 Å². The Balaban J connectivity index is 1.76. The van der Waals surface area contributed by atoms with Crippen molar-refractivity contribution in [3.63, 3.8) is 0 Å². The minimum atomic E-state index is -0.376. The fourth-order valence-electron chi connectivity index (χ4n) is 3.84. The van der Waals surface area contributed by atoms with Gasteiger partial charge in [0, 0.05) is 27.2 Å². The van der Waals surface area contributed by atoms with Gasteiger partial charge in [0.05, 0.1) is 5.69 Å². The van der Waals surface area contributed by atoms with Crippen molar-refractivity contribution in [3.05, 3.63) is 98.5 Å². The zero-order valence-electron chi connectivity index (χ0n) is 17.4. The lowest BCUT2D eigenvalue weighted by atomic mass is 10.1. The van der Waals surface area contributed by atoms with E-state index in [0.29, 0.717) is 26.8 Å². The summed E-state index contributed by atoms with van der Waals surface area (Å²) in [5.41, 5.74) is 4.90. The minimum Gasteiger partial charge on any atom is -0.349 e. The average Bonchev–Trinajstić information content (AvgIpc) is 3.15. The van der Waals surface area contributed by atoms with Crippen LogP contribution < -0.4 is 5.56 Å². The molecule has 0 aliphatic carbocycles. The van der Waals surface area contributed by atoms with E-state index in [2.05, 4.69) is 4.98 Å². The van der Waals surface area contributed by atoms with Gasteiger partial charge in [0.1, 0.15) is 16.9 Å². The quantitative estimate of drug-likeness (QED) is 0.242. The summed E-state index contributed by atoms with van der Waals surface area (Å²) in [4.78, 5) is 21.8. The van der Waals surface area contributed by atoms with E-state index in [1.165, 1.54) is 17.8 Å². The number of rotatable bonds is 4. The molecule has 0 saturated heterocycles. The maximum Gasteiger partial charge on any atom is 0.283 e. The van der Waals surface area contributed by atoms with Crippen LogP contribution in [-0.2, 0) is 5.75 Å². The number of hydrogen-bond acceptors (Lipinski definition) is 3. The van der Waals surface area contributed by atoms with Crippen LogP contribution in [0.15, 0.2) is 70.6 Å². The molecule has 5 aromatic rings. The Kier molecular flexibility index (Phi) is 5.27. The van der Waals surface area contributed by atoms with Crippen molar-refractivity contribution in [3.8, 4) is 5.69 Å². The number of nitrogens with one attached hydrogen (secondary N) is 1. The van der Waals surface area contributed by atoms with Gasteiger partial charge in [-0.3, -0.25) is 9.36 Å². The molecule has 32 heavy (non-hydrogen) atoms. The molecule has 0 unspecified atom stereocenters. The summed E-state index contributed by atoms with van der Waals surface area (Å²) >= 11 is 7.53. The molecular formula is C25H19ClFN3OS. The highest BCUT2D eigenvalue weighted by atomic mass is 35.5. The lowest BCUT2D eigenvalue weighted by molar-refractivity contribution is 0.617. The highest BCUT2D eigenvalue weighted by Crippen LogP contribution is 2.31. The minimum absolute atomic E-state index is 0.193. The van der Waals surface area contributed by atoms with Crippen LogP contribution in [0.5, 0.6) is 0 Å². The van der Waals surface area contributed by atoms with Crippen LogP contribution in [0.3, 0.4) is 0 Å². The van der Waals surface area contributed by atoms with Crippen LogP contribution in [0.2, 0.25) is 5.02 Å². The molecule has 0 fully saturated rings. The molecule has 1 N–H and O–H groups in total. The second kappa shape index (κ2) is 8.11. The number of para-hydroxylation sites is 1. The van der Waals surface area contributed by atoms with Gasteiger partial charge in [-0.15, -0.1) is 0 Å². The Bertz CT molecular complexity index is 1540. The average molecular weight is 464 g/mol. The third-order valence-corrected chi connectivity index (χ3v) is 7.04. The first-order valence-electron chi connectivity index (χ1n) is 10.1. The van der Waals surface area contributed by atoms with E-state index in [1.54, 1.807) is 16.7 Å². The van der Waals surface area contributed by atoms with Gasteiger partial charge in [-0.2, -0.15) is 0 Å².